The van der Waals surface area contributed by atoms with E-state index in [4.69, 9.17) is 5.21 Å². The van der Waals surface area contributed by atoms with Crippen LogP contribution >= 0.6 is 0 Å². The summed E-state index contributed by atoms with van der Waals surface area (Å²) >= 11 is 0. The number of oxime groups is 1. The van der Waals surface area contributed by atoms with E-state index in [-0.39, 0.29) is 5.56 Å². The third kappa shape index (κ3) is 4.93. The summed E-state index contributed by atoms with van der Waals surface area (Å²) in [6, 6.07) is 9.86. The van der Waals surface area contributed by atoms with Crippen LogP contribution in [-0.2, 0) is 4.79 Å². The molecule has 132 valence electrons. The van der Waals surface area contributed by atoms with Gasteiger partial charge in [0.1, 0.15) is 6.54 Å². The number of hydrogen-bond donors (Lipinski definition) is 3. The summed E-state index contributed by atoms with van der Waals surface area (Å²) in [4.78, 5) is 23.6. The minimum Gasteiger partial charge on any atom is -0.411 e. The highest BCUT2D eigenvalue weighted by Crippen LogP contribution is 2.22. The van der Waals surface area contributed by atoms with Gasteiger partial charge in [-0.25, -0.2) is 0 Å². The van der Waals surface area contributed by atoms with Crippen molar-refractivity contribution in [3.63, 3.8) is 0 Å². The van der Waals surface area contributed by atoms with Crippen molar-refractivity contribution in [2.75, 3.05) is 13.1 Å². The third-order valence-electron chi connectivity index (χ3n) is 3.29. The number of halogens is 3. The lowest BCUT2D eigenvalue weighted by molar-refractivity contribution is -0.137. The number of fused-ring (bicyclic) bond motifs is 1. The van der Waals surface area contributed by atoms with Crippen molar-refractivity contribution in [2.24, 2.45) is 5.16 Å². The highest BCUT2D eigenvalue weighted by Gasteiger charge is 2.27. The largest absolute Gasteiger partial charge is 0.411 e. The molecule has 0 aliphatic rings. The molecule has 6 nitrogen and oxygen atoms in total. The average molecular weight is 353 g/mol. The Morgan fingerprint density at radius 3 is 2.40 bits per heavy atom. The van der Waals surface area contributed by atoms with Crippen molar-refractivity contribution < 1.29 is 28.0 Å². The first kappa shape index (κ1) is 18.2. The number of carbonyl (C=O) groups excluding carboxylic acids is 2. The van der Waals surface area contributed by atoms with Crippen LogP contribution in [0.2, 0.25) is 0 Å². The minimum absolute atomic E-state index is 0.245. The molecule has 2 aromatic carbocycles. The van der Waals surface area contributed by atoms with Crippen LogP contribution < -0.4 is 10.6 Å². The fourth-order valence-corrected chi connectivity index (χ4v) is 2.21. The predicted molar refractivity (Wildman–Crippen MR) is 84.7 cm³/mol. The molecule has 0 heterocycles. The van der Waals surface area contributed by atoms with Crippen LogP contribution in [0.15, 0.2) is 41.6 Å². The van der Waals surface area contributed by atoms with Gasteiger partial charge in [-0.2, -0.15) is 13.2 Å². The van der Waals surface area contributed by atoms with Crippen molar-refractivity contribution >= 4 is 28.8 Å². The van der Waals surface area contributed by atoms with Crippen molar-refractivity contribution in [1.29, 1.82) is 0 Å². The fraction of sp³-hybridized carbons (Fsp3) is 0.188. The molecule has 0 bridgehead atoms. The number of rotatable bonds is 5. The number of nitrogens with zero attached hydrogens (tertiary/aromatic N) is 1. The zero-order valence-corrected chi connectivity index (χ0v) is 12.8. The Hall–Kier alpha value is -3.10. The summed E-state index contributed by atoms with van der Waals surface area (Å²) in [6.07, 6.45) is -3.30. The molecule has 2 aromatic rings. The molecule has 0 aliphatic carbocycles. The maximum Gasteiger partial charge on any atom is 0.405 e. The van der Waals surface area contributed by atoms with Gasteiger partial charge >= 0.3 is 6.18 Å². The lowest BCUT2D eigenvalue weighted by atomic mass is 9.99. The lowest BCUT2D eigenvalue weighted by Gasteiger charge is -2.11. The maximum absolute atomic E-state index is 12.2. The second-order valence-electron chi connectivity index (χ2n) is 5.07. The molecule has 0 atom stereocenters. The van der Waals surface area contributed by atoms with E-state index in [9.17, 15) is 22.8 Å². The third-order valence-corrected chi connectivity index (χ3v) is 3.29. The van der Waals surface area contributed by atoms with Gasteiger partial charge in [0.05, 0.1) is 12.8 Å². The number of benzene rings is 2. The van der Waals surface area contributed by atoms with Gasteiger partial charge in [-0.1, -0.05) is 35.5 Å². The van der Waals surface area contributed by atoms with E-state index in [1.54, 1.807) is 35.6 Å². The Labute approximate surface area is 140 Å². The topological polar surface area (TPSA) is 90.8 Å². The predicted octanol–water partition coefficient (Wildman–Crippen LogP) is 2.06. The summed E-state index contributed by atoms with van der Waals surface area (Å²) in [5.41, 5.74) is 0.826. The van der Waals surface area contributed by atoms with E-state index >= 15 is 0 Å². The van der Waals surface area contributed by atoms with Gasteiger partial charge < -0.3 is 15.8 Å². The van der Waals surface area contributed by atoms with Gasteiger partial charge in [0, 0.05) is 11.1 Å². The Morgan fingerprint density at radius 2 is 1.76 bits per heavy atom. The van der Waals surface area contributed by atoms with E-state index < -0.39 is 31.1 Å². The Kier molecular flexibility index (Phi) is 5.58. The zero-order chi connectivity index (χ0) is 18.4. The van der Waals surface area contributed by atoms with E-state index in [1.165, 1.54) is 12.3 Å². The number of amides is 2. The highest BCUT2D eigenvalue weighted by molar-refractivity contribution is 6.11. The fourth-order valence-electron chi connectivity index (χ4n) is 2.21. The van der Waals surface area contributed by atoms with Crippen molar-refractivity contribution in [3.8, 4) is 0 Å². The SMILES string of the molecule is O=C(CNC(=O)c1ccc(C=NO)c2ccccc12)NCC(F)(F)F. The smallest absolute Gasteiger partial charge is 0.405 e. The summed E-state index contributed by atoms with van der Waals surface area (Å²) in [6.45, 7) is -2.04. The molecule has 0 fully saturated rings. The molecule has 25 heavy (non-hydrogen) atoms. The van der Waals surface area contributed by atoms with Crippen LogP contribution in [0.1, 0.15) is 15.9 Å². The van der Waals surface area contributed by atoms with Gasteiger partial charge in [0.2, 0.25) is 5.91 Å². The Balaban J connectivity index is 2.12. The van der Waals surface area contributed by atoms with Crippen LogP contribution in [0, 0.1) is 0 Å². The van der Waals surface area contributed by atoms with Crippen molar-refractivity contribution in [3.05, 3.63) is 47.5 Å². The second-order valence-corrected chi connectivity index (χ2v) is 5.07. The first-order valence-corrected chi connectivity index (χ1v) is 7.12. The zero-order valence-electron chi connectivity index (χ0n) is 12.8. The van der Waals surface area contributed by atoms with Crippen LogP contribution in [0.3, 0.4) is 0 Å². The first-order valence-electron chi connectivity index (χ1n) is 7.12. The molecule has 0 radical (unpaired) electrons. The van der Waals surface area contributed by atoms with Gasteiger partial charge in [-0.15, -0.1) is 0 Å². The van der Waals surface area contributed by atoms with Crippen LogP contribution in [-0.4, -0.2) is 42.5 Å². The molecule has 0 aliphatic heterocycles. The highest BCUT2D eigenvalue weighted by atomic mass is 19.4. The molecule has 2 rings (SSSR count). The summed E-state index contributed by atoms with van der Waals surface area (Å²) in [5.74, 6) is -1.55. The lowest BCUT2D eigenvalue weighted by Crippen LogP contribution is -2.40. The van der Waals surface area contributed by atoms with Gasteiger partial charge in [-0.05, 0) is 16.8 Å². The molecular weight excluding hydrogens is 339 g/mol. The monoisotopic (exact) mass is 353 g/mol. The normalized spacial score (nSPS) is 11.6. The Morgan fingerprint density at radius 1 is 1.08 bits per heavy atom. The molecule has 0 spiro atoms. The molecule has 0 saturated heterocycles. The average Bonchev–Trinajstić information content (AvgIpc) is 2.57. The van der Waals surface area contributed by atoms with E-state index in [1.807, 2.05) is 0 Å². The van der Waals surface area contributed by atoms with Gasteiger partial charge in [0.25, 0.3) is 5.91 Å². The summed E-state index contributed by atoms with van der Waals surface area (Å²) in [7, 11) is 0. The quantitative estimate of drug-likeness (QED) is 0.437. The number of nitrogens with one attached hydrogen (secondary N) is 2. The molecular formula is C16H14F3N3O3. The van der Waals surface area contributed by atoms with Gasteiger partial charge in [0.15, 0.2) is 0 Å². The maximum atomic E-state index is 12.2. The summed E-state index contributed by atoms with van der Waals surface area (Å²) < 4.78 is 36.1. The number of carbonyl (C=O) groups is 2. The van der Waals surface area contributed by atoms with Crippen molar-refractivity contribution in [2.45, 2.75) is 6.18 Å². The molecule has 0 unspecified atom stereocenters. The first-order chi connectivity index (χ1) is 11.8. The Bertz CT molecular complexity index is 819. The number of alkyl halides is 3. The van der Waals surface area contributed by atoms with E-state index in [2.05, 4.69) is 10.5 Å². The second kappa shape index (κ2) is 7.65. The van der Waals surface area contributed by atoms with Gasteiger partial charge in [-0.3, -0.25) is 9.59 Å². The van der Waals surface area contributed by atoms with Crippen LogP contribution in [0.5, 0.6) is 0 Å². The molecule has 0 aromatic heterocycles. The molecule has 3 N–H and O–H groups in total. The number of hydrogen-bond acceptors (Lipinski definition) is 4. The van der Waals surface area contributed by atoms with Crippen LogP contribution in [0.4, 0.5) is 13.2 Å². The van der Waals surface area contributed by atoms with Crippen molar-refractivity contribution in [1.82, 2.24) is 10.6 Å². The van der Waals surface area contributed by atoms with E-state index in [0.717, 1.165) is 0 Å². The van der Waals surface area contributed by atoms with Crippen LogP contribution in [0.25, 0.3) is 10.8 Å². The summed E-state index contributed by atoms with van der Waals surface area (Å²) in [5, 5.41) is 16.8. The molecule has 9 heteroatoms. The molecule has 0 saturated carbocycles. The minimum atomic E-state index is -4.51. The van der Waals surface area contributed by atoms with E-state index in [0.29, 0.717) is 16.3 Å². The standard InChI is InChI=1S/C16H14F3N3O3/c17-16(18,19)9-21-14(23)8-20-15(24)13-6-5-10(7-22-25)11-3-1-2-4-12(11)13/h1-7,25H,8-9H2,(H,20,24)(H,21,23). The molecule has 2 amide bonds.